The fourth-order valence-electron chi connectivity index (χ4n) is 0.161. The number of rotatable bonds is 1. The molecule has 0 amide bonds. The lowest BCUT2D eigenvalue weighted by Gasteiger charge is -1.79. The average molecular weight is 99.1 g/mol. The van der Waals surface area contributed by atoms with Crippen LogP contribution in [-0.2, 0) is 0 Å². The normalized spacial score (nSPS) is 13.0. The van der Waals surface area contributed by atoms with Gasteiger partial charge in [-0.3, -0.25) is 0 Å². The molecule has 0 saturated carbocycles. The maximum Gasteiger partial charge on any atom is 0.0482 e. The first-order chi connectivity index (χ1) is 3.27. The molecule has 4 N–H and O–H groups in total. The summed E-state index contributed by atoms with van der Waals surface area (Å²) in [5, 5.41) is 3.19. The van der Waals surface area contributed by atoms with Gasteiger partial charge in [-0.2, -0.15) is 5.10 Å². The minimum absolute atomic E-state index is 0.703. The summed E-state index contributed by atoms with van der Waals surface area (Å²) < 4.78 is 0. The molecule has 0 bridgehead atoms. The van der Waals surface area contributed by atoms with Crippen molar-refractivity contribution in [3.8, 4) is 0 Å². The van der Waals surface area contributed by atoms with Gasteiger partial charge in [0.25, 0.3) is 0 Å². The third-order valence-corrected chi connectivity index (χ3v) is 0.423. The van der Waals surface area contributed by atoms with Gasteiger partial charge in [0, 0.05) is 11.9 Å². The number of hydrogen-bond acceptors (Lipinski definition) is 3. The van der Waals surface area contributed by atoms with Crippen LogP contribution in [0.3, 0.4) is 0 Å². The van der Waals surface area contributed by atoms with E-state index in [4.69, 9.17) is 11.6 Å². The molecule has 0 radical (unpaired) electrons. The van der Waals surface area contributed by atoms with Gasteiger partial charge in [0.2, 0.25) is 0 Å². The molecule has 3 heteroatoms. The van der Waals surface area contributed by atoms with E-state index in [1.807, 2.05) is 0 Å². The second-order valence-electron chi connectivity index (χ2n) is 1.21. The van der Waals surface area contributed by atoms with Crippen LogP contribution in [0.2, 0.25) is 0 Å². The predicted octanol–water partition coefficient (Wildman–Crippen LogP) is -0.207. The topological polar surface area (TPSA) is 64.4 Å². The summed E-state index contributed by atoms with van der Waals surface area (Å²) in [6.45, 7) is 1.77. The molecule has 0 aliphatic heterocycles. The van der Waals surface area contributed by atoms with Crippen LogP contribution in [-0.4, -0.2) is 6.21 Å². The van der Waals surface area contributed by atoms with Crippen LogP contribution in [0.1, 0.15) is 6.92 Å². The maximum absolute atomic E-state index is 5.19. The van der Waals surface area contributed by atoms with E-state index in [0.717, 1.165) is 0 Å². The minimum Gasteiger partial charge on any atom is -0.402 e. The highest BCUT2D eigenvalue weighted by molar-refractivity contribution is 5.71. The van der Waals surface area contributed by atoms with Crippen molar-refractivity contribution in [1.82, 2.24) is 0 Å². The lowest BCUT2D eigenvalue weighted by molar-refractivity contribution is 1.26. The molecule has 0 unspecified atom stereocenters. The summed E-state index contributed by atoms with van der Waals surface area (Å²) in [6, 6.07) is 0. The van der Waals surface area contributed by atoms with Gasteiger partial charge in [0.1, 0.15) is 0 Å². The molecule has 0 atom stereocenters. The molecule has 0 fully saturated rings. The highest BCUT2D eigenvalue weighted by atomic mass is 15.1. The Kier molecular flexibility index (Phi) is 2.76. The molecule has 0 saturated heterocycles. The van der Waals surface area contributed by atoms with Crippen LogP contribution in [0.5, 0.6) is 0 Å². The van der Waals surface area contributed by atoms with Gasteiger partial charge in [-0.15, -0.1) is 0 Å². The predicted molar refractivity (Wildman–Crippen MR) is 30.6 cm³/mol. The molecule has 0 aromatic heterocycles. The summed E-state index contributed by atoms with van der Waals surface area (Å²) in [5.41, 5.74) is 5.90. The highest BCUT2D eigenvalue weighted by Gasteiger charge is 1.66. The maximum atomic E-state index is 5.19. The Hall–Kier alpha value is -0.990. The van der Waals surface area contributed by atoms with E-state index in [1.54, 1.807) is 13.0 Å². The van der Waals surface area contributed by atoms with E-state index in [9.17, 15) is 0 Å². The summed E-state index contributed by atoms with van der Waals surface area (Å²) >= 11 is 0. The third-order valence-electron chi connectivity index (χ3n) is 0.423. The van der Waals surface area contributed by atoms with Crippen molar-refractivity contribution in [3.63, 3.8) is 0 Å². The molecule has 7 heavy (non-hydrogen) atoms. The van der Waals surface area contributed by atoms with Crippen LogP contribution in [0.15, 0.2) is 16.9 Å². The van der Waals surface area contributed by atoms with Gasteiger partial charge in [-0.25, -0.2) is 0 Å². The van der Waals surface area contributed by atoms with Crippen molar-refractivity contribution < 1.29 is 0 Å². The molecular weight excluding hydrogens is 90.1 g/mol. The van der Waals surface area contributed by atoms with Crippen LogP contribution < -0.4 is 11.6 Å². The fraction of sp³-hybridized carbons (Fsp3) is 0.250. The molecule has 0 aromatic carbocycles. The second kappa shape index (κ2) is 3.21. The first-order valence-electron chi connectivity index (χ1n) is 1.93. The molecule has 0 aliphatic carbocycles. The van der Waals surface area contributed by atoms with Crippen LogP contribution in [0.25, 0.3) is 0 Å². The number of nitrogens with two attached hydrogens (primary N) is 2. The molecule has 0 heterocycles. The summed E-state index contributed by atoms with van der Waals surface area (Å²) in [6.07, 6.45) is 3.06. The van der Waals surface area contributed by atoms with E-state index in [2.05, 4.69) is 5.10 Å². The van der Waals surface area contributed by atoms with Crippen molar-refractivity contribution >= 4 is 6.21 Å². The van der Waals surface area contributed by atoms with Gasteiger partial charge < -0.3 is 11.6 Å². The Morgan fingerprint density at radius 2 is 2.29 bits per heavy atom. The Bertz CT molecular complexity index is 89.1. The third kappa shape index (κ3) is 5.01. The zero-order chi connectivity index (χ0) is 5.70. The molecule has 0 rings (SSSR count). The van der Waals surface area contributed by atoms with E-state index in [-0.39, 0.29) is 0 Å². The first-order valence-corrected chi connectivity index (χ1v) is 1.93. The van der Waals surface area contributed by atoms with E-state index >= 15 is 0 Å². The van der Waals surface area contributed by atoms with Crippen molar-refractivity contribution in [2.24, 2.45) is 16.7 Å². The summed E-state index contributed by atoms with van der Waals surface area (Å²) in [5.74, 6) is 4.75. The summed E-state index contributed by atoms with van der Waals surface area (Å²) in [4.78, 5) is 0. The number of nitrogens with zero attached hydrogens (tertiary/aromatic N) is 1. The zero-order valence-electron chi connectivity index (χ0n) is 4.26. The highest BCUT2D eigenvalue weighted by Crippen LogP contribution is 1.71. The zero-order valence-corrected chi connectivity index (χ0v) is 4.26. The Morgan fingerprint density at radius 3 is 2.43 bits per heavy atom. The number of allylic oxidation sites excluding steroid dienone is 2. The van der Waals surface area contributed by atoms with E-state index in [1.165, 1.54) is 6.21 Å². The molecule has 0 aliphatic rings. The quantitative estimate of drug-likeness (QED) is 0.271. The van der Waals surface area contributed by atoms with Gasteiger partial charge in [-0.05, 0) is 13.0 Å². The monoisotopic (exact) mass is 99.1 g/mol. The van der Waals surface area contributed by atoms with Gasteiger partial charge in [0.05, 0.1) is 0 Å². The van der Waals surface area contributed by atoms with Crippen molar-refractivity contribution in [2.45, 2.75) is 6.92 Å². The summed E-state index contributed by atoms with van der Waals surface area (Å²) in [7, 11) is 0. The first kappa shape index (κ1) is 6.01. The average Bonchev–Trinajstić information content (AvgIpc) is 1.61. The van der Waals surface area contributed by atoms with E-state index in [0.29, 0.717) is 5.70 Å². The Balaban J connectivity index is 3.46. The van der Waals surface area contributed by atoms with Crippen molar-refractivity contribution in [2.75, 3.05) is 0 Å². The van der Waals surface area contributed by atoms with Crippen LogP contribution >= 0.6 is 0 Å². The largest absolute Gasteiger partial charge is 0.402 e. The lowest BCUT2D eigenvalue weighted by Crippen LogP contribution is -1.90. The molecule has 3 nitrogen and oxygen atoms in total. The molecule has 40 valence electrons. The van der Waals surface area contributed by atoms with E-state index < -0.39 is 0 Å². The molecule has 0 spiro atoms. The Labute approximate surface area is 42.7 Å². The van der Waals surface area contributed by atoms with Gasteiger partial charge >= 0.3 is 0 Å². The standard InChI is InChI=1S/C4H9N3/c1-4(5)2-3-7-6/h2-3H,5-6H2,1H3. The Morgan fingerprint density at radius 1 is 1.71 bits per heavy atom. The lowest BCUT2D eigenvalue weighted by atomic mass is 10.5. The van der Waals surface area contributed by atoms with Gasteiger partial charge in [0.15, 0.2) is 0 Å². The van der Waals surface area contributed by atoms with Crippen molar-refractivity contribution in [1.29, 1.82) is 0 Å². The fourth-order valence-corrected chi connectivity index (χ4v) is 0.161. The van der Waals surface area contributed by atoms with Gasteiger partial charge in [-0.1, -0.05) is 0 Å². The number of hydrazone groups is 1. The van der Waals surface area contributed by atoms with Crippen molar-refractivity contribution in [3.05, 3.63) is 11.8 Å². The molecule has 0 aromatic rings. The smallest absolute Gasteiger partial charge is 0.0482 e. The van der Waals surface area contributed by atoms with Crippen LogP contribution in [0.4, 0.5) is 0 Å². The second-order valence-corrected chi connectivity index (χ2v) is 1.21. The molecular formula is C4H9N3. The number of hydrogen-bond donors (Lipinski definition) is 2. The van der Waals surface area contributed by atoms with Crippen LogP contribution in [0, 0.1) is 0 Å². The SMILES string of the molecule is CC(N)=CC=NN. The minimum atomic E-state index is 0.703.